The highest BCUT2D eigenvalue weighted by Gasteiger charge is 2.25. The normalized spacial score (nSPS) is 11.1. The Bertz CT molecular complexity index is 1610. The van der Waals surface area contributed by atoms with Crippen LogP contribution in [0.4, 0.5) is 5.13 Å². The first-order valence-corrected chi connectivity index (χ1v) is 12.1. The van der Waals surface area contributed by atoms with E-state index in [1.807, 2.05) is 103 Å². The third-order valence-electron chi connectivity index (χ3n) is 5.82. The molecule has 168 valence electrons. The van der Waals surface area contributed by atoms with Crippen LogP contribution in [0.3, 0.4) is 0 Å². The van der Waals surface area contributed by atoms with E-state index in [0.29, 0.717) is 17.2 Å². The van der Waals surface area contributed by atoms with Crippen LogP contribution in [0.15, 0.2) is 109 Å². The maximum atomic E-state index is 14.3. The first-order chi connectivity index (χ1) is 17.3. The van der Waals surface area contributed by atoms with Gasteiger partial charge in [0.2, 0.25) is 0 Å². The molecule has 0 radical (unpaired) electrons. The quantitative estimate of drug-likeness (QED) is 0.278. The molecule has 0 atom stereocenters. The Morgan fingerprint density at radius 2 is 1.51 bits per heavy atom. The summed E-state index contributed by atoms with van der Waals surface area (Å²) >= 11 is 1.50. The molecule has 3 aromatic heterocycles. The molecule has 6 rings (SSSR count). The van der Waals surface area contributed by atoms with Crippen LogP contribution in [-0.2, 0) is 6.54 Å². The van der Waals surface area contributed by atoms with Crippen molar-refractivity contribution >= 4 is 43.5 Å². The molecule has 0 aliphatic rings. The highest BCUT2D eigenvalue weighted by molar-refractivity contribution is 7.22. The molecule has 6 heteroatoms. The molecule has 0 saturated carbocycles. The smallest absolute Gasteiger partial charge is 0.261 e. The van der Waals surface area contributed by atoms with Crippen molar-refractivity contribution in [1.29, 1.82) is 0 Å². The molecule has 6 aromatic rings. The summed E-state index contributed by atoms with van der Waals surface area (Å²) in [6.45, 7) is 0.316. The summed E-state index contributed by atoms with van der Waals surface area (Å²) in [5.41, 5.74) is 4.75. The minimum Gasteiger partial charge on any atom is -0.278 e. The number of hydrogen-bond acceptors (Lipinski definition) is 5. The summed E-state index contributed by atoms with van der Waals surface area (Å²) in [6.07, 6.45) is 1.74. The van der Waals surface area contributed by atoms with E-state index >= 15 is 0 Å². The number of anilines is 1. The SMILES string of the molecule is O=C(c1cc(-c2ccccc2)nc2ccccc12)N(Cc1ccccn1)c1nc2ccccc2s1. The Balaban J connectivity index is 1.52. The maximum Gasteiger partial charge on any atom is 0.261 e. The summed E-state index contributed by atoms with van der Waals surface area (Å²) in [6, 6.07) is 33.2. The monoisotopic (exact) mass is 472 g/mol. The second-order valence-corrected chi connectivity index (χ2v) is 9.12. The van der Waals surface area contributed by atoms with Crippen molar-refractivity contribution in [2.24, 2.45) is 0 Å². The van der Waals surface area contributed by atoms with Crippen molar-refractivity contribution in [3.05, 3.63) is 121 Å². The van der Waals surface area contributed by atoms with Crippen LogP contribution in [-0.4, -0.2) is 20.9 Å². The molecule has 0 aliphatic carbocycles. The molecule has 35 heavy (non-hydrogen) atoms. The zero-order chi connectivity index (χ0) is 23.6. The predicted molar refractivity (Wildman–Crippen MR) is 142 cm³/mol. The third kappa shape index (κ3) is 4.16. The molecule has 3 aromatic carbocycles. The molecule has 0 spiro atoms. The average Bonchev–Trinajstić information content (AvgIpc) is 3.36. The van der Waals surface area contributed by atoms with Crippen molar-refractivity contribution in [3.63, 3.8) is 0 Å². The van der Waals surface area contributed by atoms with Crippen molar-refractivity contribution in [3.8, 4) is 11.3 Å². The van der Waals surface area contributed by atoms with Gasteiger partial charge in [-0.3, -0.25) is 14.7 Å². The topological polar surface area (TPSA) is 59.0 Å². The molecule has 0 bridgehead atoms. The summed E-state index contributed by atoms with van der Waals surface area (Å²) in [4.78, 5) is 30.1. The number of benzene rings is 3. The van der Waals surface area contributed by atoms with Gasteiger partial charge in [0.15, 0.2) is 5.13 Å². The number of pyridine rings is 2. The molecule has 5 nitrogen and oxygen atoms in total. The second-order valence-electron chi connectivity index (χ2n) is 8.11. The first-order valence-electron chi connectivity index (χ1n) is 11.3. The fourth-order valence-electron chi connectivity index (χ4n) is 4.11. The molecular formula is C29H20N4OS. The van der Waals surface area contributed by atoms with Crippen LogP contribution >= 0.6 is 11.3 Å². The van der Waals surface area contributed by atoms with Gasteiger partial charge in [0, 0.05) is 17.1 Å². The van der Waals surface area contributed by atoms with Crippen molar-refractivity contribution in [2.45, 2.75) is 6.54 Å². The number of aromatic nitrogens is 3. The van der Waals surface area contributed by atoms with Gasteiger partial charge in [-0.2, -0.15) is 0 Å². The molecule has 1 amide bonds. The predicted octanol–water partition coefficient (Wildman–Crippen LogP) is 6.75. The van der Waals surface area contributed by atoms with Gasteiger partial charge in [-0.15, -0.1) is 0 Å². The van der Waals surface area contributed by atoms with E-state index in [1.165, 1.54) is 11.3 Å². The summed E-state index contributed by atoms with van der Waals surface area (Å²) < 4.78 is 1.03. The van der Waals surface area contributed by atoms with E-state index < -0.39 is 0 Å². The number of carbonyl (C=O) groups is 1. The number of fused-ring (bicyclic) bond motifs is 2. The van der Waals surface area contributed by atoms with Crippen molar-refractivity contribution in [1.82, 2.24) is 15.0 Å². The van der Waals surface area contributed by atoms with Gasteiger partial charge >= 0.3 is 0 Å². The summed E-state index contributed by atoms with van der Waals surface area (Å²) in [7, 11) is 0. The number of hydrogen-bond donors (Lipinski definition) is 0. The lowest BCUT2D eigenvalue weighted by molar-refractivity contribution is 0.0986. The van der Waals surface area contributed by atoms with Gasteiger partial charge < -0.3 is 0 Å². The van der Waals surface area contributed by atoms with Crippen molar-refractivity contribution < 1.29 is 4.79 Å². The highest BCUT2D eigenvalue weighted by Crippen LogP contribution is 2.32. The average molecular weight is 473 g/mol. The largest absolute Gasteiger partial charge is 0.278 e. The molecule has 0 fully saturated rings. The highest BCUT2D eigenvalue weighted by atomic mass is 32.1. The number of rotatable bonds is 5. The van der Waals surface area contributed by atoms with E-state index in [0.717, 1.165) is 38.1 Å². The third-order valence-corrected chi connectivity index (χ3v) is 6.88. The Kier molecular flexibility index (Phi) is 5.48. The number of carbonyl (C=O) groups excluding carboxylic acids is 1. The number of amides is 1. The van der Waals surface area contributed by atoms with Gasteiger partial charge in [0.25, 0.3) is 5.91 Å². The zero-order valence-corrected chi connectivity index (χ0v) is 19.5. The lowest BCUT2D eigenvalue weighted by Gasteiger charge is -2.21. The van der Waals surface area contributed by atoms with E-state index in [9.17, 15) is 4.79 Å². The fraction of sp³-hybridized carbons (Fsp3) is 0.0345. The molecule has 3 heterocycles. The van der Waals surface area contributed by atoms with Crippen LogP contribution in [0.1, 0.15) is 16.1 Å². The lowest BCUT2D eigenvalue weighted by Crippen LogP contribution is -2.31. The molecule has 0 N–H and O–H groups in total. The number of thiazole rings is 1. The van der Waals surface area contributed by atoms with E-state index in [2.05, 4.69) is 4.98 Å². The Morgan fingerprint density at radius 1 is 0.771 bits per heavy atom. The molecule has 0 aliphatic heterocycles. The molecule has 0 unspecified atom stereocenters. The Hall–Kier alpha value is -4.42. The maximum absolute atomic E-state index is 14.3. The van der Waals surface area contributed by atoms with Gasteiger partial charge in [0.05, 0.1) is 39.2 Å². The Morgan fingerprint density at radius 3 is 2.31 bits per heavy atom. The van der Waals surface area contributed by atoms with Gasteiger partial charge in [0.1, 0.15) is 0 Å². The van der Waals surface area contributed by atoms with Gasteiger partial charge in [-0.1, -0.05) is 78.1 Å². The van der Waals surface area contributed by atoms with Crippen LogP contribution in [0, 0.1) is 0 Å². The van der Waals surface area contributed by atoms with Crippen LogP contribution in [0.5, 0.6) is 0 Å². The van der Waals surface area contributed by atoms with E-state index in [1.54, 1.807) is 11.1 Å². The summed E-state index contributed by atoms with van der Waals surface area (Å²) in [5.74, 6) is -0.134. The minimum atomic E-state index is -0.134. The molecular weight excluding hydrogens is 452 g/mol. The minimum absolute atomic E-state index is 0.134. The van der Waals surface area contributed by atoms with Crippen LogP contribution in [0.25, 0.3) is 32.4 Å². The first kappa shape index (κ1) is 21.1. The van der Waals surface area contributed by atoms with E-state index in [4.69, 9.17) is 9.97 Å². The summed E-state index contributed by atoms with van der Waals surface area (Å²) in [5, 5.41) is 1.45. The lowest BCUT2D eigenvalue weighted by atomic mass is 10.0. The Labute approximate surface area is 206 Å². The van der Waals surface area contributed by atoms with E-state index in [-0.39, 0.29) is 5.91 Å². The second kappa shape index (κ2) is 9.08. The van der Waals surface area contributed by atoms with Crippen LogP contribution in [0.2, 0.25) is 0 Å². The van der Waals surface area contributed by atoms with Crippen LogP contribution < -0.4 is 4.90 Å². The number of para-hydroxylation sites is 2. The standard InChI is InChI=1S/C29H20N4OS/c34-28(23-18-26(20-10-2-1-3-11-20)31-24-14-5-4-13-22(23)24)33(19-21-12-8-9-17-30-21)29-32-25-15-6-7-16-27(25)35-29/h1-18H,19H2. The fourth-order valence-corrected chi connectivity index (χ4v) is 5.07. The van der Waals surface area contributed by atoms with Gasteiger partial charge in [-0.05, 0) is 36.4 Å². The molecule has 0 saturated heterocycles. The van der Waals surface area contributed by atoms with Gasteiger partial charge in [-0.25, -0.2) is 9.97 Å². The van der Waals surface area contributed by atoms with Crippen molar-refractivity contribution in [2.75, 3.05) is 4.90 Å². The number of nitrogens with zero attached hydrogens (tertiary/aromatic N) is 4. The zero-order valence-electron chi connectivity index (χ0n) is 18.7.